The van der Waals surface area contributed by atoms with Crippen molar-refractivity contribution >= 4 is 29.0 Å². The molecular formula is C26H35N7O4. The van der Waals surface area contributed by atoms with E-state index in [1.54, 1.807) is 18.3 Å². The van der Waals surface area contributed by atoms with Crippen LogP contribution in [0.15, 0.2) is 18.3 Å². The SMILES string of the molecule is CCOc1nccc(Nc2nc(C(=O)O)cc(N3CCC(N4CCOCC4)CC3)c2C(=N)C2CCC2)n1. The number of carbonyl (C=O) groups is 1. The summed E-state index contributed by atoms with van der Waals surface area (Å²) in [5, 5.41) is 22.2. The number of carboxylic acids is 1. The van der Waals surface area contributed by atoms with Gasteiger partial charge in [0.25, 0.3) is 0 Å². The molecule has 11 nitrogen and oxygen atoms in total. The molecule has 1 aliphatic carbocycles. The van der Waals surface area contributed by atoms with Crippen LogP contribution in [0.5, 0.6) is 6.01 Å². The maximum Gasteiger partial charge on any atom is 0.354 e. The Morgan fingerprint density at radius 3 is 2.59 bits per heavy atom. The van der Waals surface area contributed by atoms with Crippen LogP contribution in [-0.2, 0) is 4.74 Å². The number of nitrogens with zero attached hydrogens (tertiary/aromatic N) is 5. The number of rotatable bonds is 9. The number of piperidine rings is 1. The van der Waals surface area contributed by atoms with E-state index in [0.717, 1.165) is 77.2 Å². The molecular weight excluding hydrogens is 474 g/mol. The molecule has 4 heterocycles. The topological polar surface area (TPSA) is 137 Å². The van der Waals surface area contributed by atoms with Crippen LogP contribution in [-0.4, -0.2) is 88.7 Å². The van der Waals surface area contributed by atoms with E-state index in [0.29, 0.717) is 35.6 Å². The van der Waals surface area contributed by atoms with E-state index in [9.17, 15) is 9.90 Å². The Bertz CT molecular complexity index is 1130. The number of anilines is 3. The van der Waals surface area contributed by atoms with Crippen LogP contribution in [0.3, 0.4) is 0 Å². The molecule has 0 spiro atoms. The molecule has 198 valence electrons. The predicted octanol–water partition coefficient (Wildman–Crippen LogP) is 3.18. The van der Waals surface area contributed by atoms with Gasteiger partial charge in [0.1, 0.15) is 11.6 Å². The van der Waals surface area contributed by atoms with Crippen molar-refractivity contribution in [1.29, 1.82) is 5.41 Å². The molecule has 3 fully saturated rings. The normalized spacial score (nSPS) is 19.3. The molecule has 0 unspecified atom stereocenters. The van der Waals surface area contributed by atoms with Crippen molar-refractivity contribution in [3.63, 3.8) is 0 Å². The van der Waals surface area contributed by atoms with Gasteiger partial charge in [-0.1, -0.05) is 6.42 Å². The average Bonchev–Trinajstić information content (AvgIpc) is 2.88. The van der Waals surface area contributed by atoms with Gasteiger partial charge in [-0.25, -0.2) is 14.8 Å². The number of hydrogen-bond donors (Lipinski definition) is 3. The predicted molar refractivity (Wildman–Crippen MR) is 139 cm³/mol. The molecule has 3 N–H and O–H groups in total. The van der Waals surface area contributed by atoms with Crippen LogP contribution in [0.25, 0.3) is 0 Å². The van der Waals surface area contributed by atoms with Gasteiger partial charge in [0.05, 0.1) is 31.1 Å². The first-order chi connectivity index (χ1) is 18.0. The zero-order valence-electron chi connectivity index (χ0n) is 21.3. The quantitative estimate of drug-likeness (QED) is 0.432. The standard InChI is InChI=1S/C26H35N7O4/c1-2-37-26-28-9-6-21(31-26)30-24-22(23(27)17-4-3-5-17)20(16-19(29-24)25(34)35)33-10-7-18(8-11-33)32-12-14-36-15-13-32/h6,9,16-18,27H,2-5,7-8,10-15H2,1H3,(H,34,35)(H,28,29,30,31). The molecule has 5 rings (SSSR count). The van der Waals surface area contributed by atoms with Crippen LogP contribution in [0.4, 0.5) is 17.3 Å². The Morgan fingerprint density at radius 2 is 1.95 bits per heavy atom. The maximum atomic E-state index is 12.1. The van der Waals surface area contributed by atoms with Gasteiger partial charge in [-0.2, -0.15) is 4.98 Å². The molecule has 3 aliphatic rings. The van der Waals surface area contributed by atoms with Gasteiger partial charge in [-0.15, -0.1) is 0 Å². The fourth-order valence-corrected chi connectivity index (χ4v) is 5.29. The van der Waals surface area contributed by atoms with Gasteiger partial charge >= 0.3 is 12.0 Å². The number of ether oxygens (including phenoxy) is 2. The Kier molecular flexibility index (Phi) is 7.80. The summed E-state index contributed by atoms with van der Waals surface area (Å²) >= 11 is 0. The van der Waals surface area contributed by atoms with Gasteiger partial charge in [-0.3, -0.25) is 4.90 Å². The Balaban J connectivity index is 1.48. The summed E-state index contributed by atoms with van der Waals surface area (Å²) in [6.45, 7) is 7.33. The number of hydrogen-bond acceptors (Lipinski definition) is 10. The largest absolute Gasteiger partial charge is 0.477 e. The van der Waals surface area contributed by atoms with Gasteiger partial charge in [-0.05, 0) is 44.7 Å². The van der Waals surface area contributed by atoms with Crippen LogP contribution in [0, 0.1) is 11.3 Å². The lowest BCUT2D eigenvalue weighted by Crippen LogP contribution is -2.49. The van der Waals surface area contributed by atoms with Crippen molar-refractivity contribution in [2.75, 3.05) is 56.2 Å². The third kappa shape index (κ3) is 5.67. The number of morpholine rings is 1. The van der Waals surface area contributed by atoms with Gasteiger partial charge in [0.15, 0.2) is 5.69 Å². The van der Waals surface area contributed by atoms with E-state index >= 15 is 0 Å². The number of carboxylic acid groups (broad SMARTS) is 1. The highest BCUT2D eigenvalue weighted by atomic mass is 16.5. The molecule has 1 saturated carbocycles. The molecule has 0 bridgehead atoms. The zero-order chi connectivity index (χ0) is 25.8. The van der Waals surface area contributed by atoms with E-state index in [1.165, 1.54) is 0 Å². The molecule has 2 saturated heterocycles. The summed E-state index contributed by atoms with van der Waals surface area (Å²) in [4.78, 5) is 29.8. The Hall–Kier alpha value is -3.31. The summed E-state index contributed by atoms with van der Waals surface area (Å²) in [6, 6.07) is 4.03. The summed E-state index contributed by atoms with van der Waals surface area (Å²) in [5.74, 6) is -0.185. The highest BCUT2D eigenvalue weighted by molar-refractivity contribution is 6.10. The molecule has 11 heteroatoms. The summed E-state index contributed by atoms with van der Waals surface area (Å²) in [6.07, 6.45) is 6.55. The van der Waals surface area contributed by atoms with E-state index < -0.39 is 5.97 Å². The smallest absolute Gasteiger partial charge is 0.354 e. The number of pyridine rings is 1. The third-order valence-corrected chi connectivity index (χ3v) is 7.52. The van der Waals surface area contributed by atoms with Crippen molar-refractivity contribution < 1.29 is 19.4 Å². The first kappa shape index (κ1) is 25.3. The lowest BCUT2D eigenvalue weighted by Gasteiger charge is -2.41. The van der Waals surface area contributed by atoms with Crippen LogP contribution >= 0.6 is 0 Å². The second-order valence-corrected chi connectivity index (χ2v) is 9.75. The number of aromatic carboxylic acids is 1. The average molecular weight is 510 g/mol. The van der Waals surface area contributed by atoms with Crippen molar-refractivity contribution in [2.24, 2.45) is 5.92 Å². The molecule has 0 amide bonds. The highest BCUT2D eigenvalue weighted by Crippen LogP contribution is 2.38. The van der Waals surface area contributed by atoms with Crippen molar-refractivity contribution in [3.05, 3.63) is 29.6 Å². The first-order valence-electron chi connectivity index (χ1n) is 13.2. The van der Waals surface area contributed by atoms with Crippen molar-refractivity contribution in [1.82, 2.24) is 19.9 Å². The van der Waals surface area contributed by atoms with E-state index in [4.69, 9.17) is 14.9 Å². The highest BCUT2D eigenvalue weighted by Gasteiger charge is 2.33. The molecule has 0 radical (unpaired) electrons. The minimum atomic E-state index is -1.10. The van der Waals surface area contributed by atoms with E-state index in [1.807, 2.05) is 6.92 Å². The minimum absolute atomic E-state index is 0.0583. The second-order valence-electron chi connectivity index (χ2n) is 9.75. The molecule has 0 aromatic carbocycles. The van der Waals surface area contributed by atoms with Gasteiger partial charge in [0.2, 0.25) is 0 Å². The van der Waals surface area contributed by atoms with Crippen molar-refractivity contribution in [3.8, 4) is 6.01 Å². The third-order valence-electron chi connectivity index (χ3n) is 7.52. The van der Waals surface area contributed by atoms with Gasteiger partial charge in [0, 0.05) is 50.0 Å². The van der Waals surface area contributed by atoms with Crippen molar-refractivity contribution in [2.45, 2.75) is 45.1 Å². The molecule has 2 aliphatic heterocycles. The monoisotopic (exact) mass is 509 g/mol. The van der Waals surface area contributed by atoms with Crippen LogP contribution < -0.4 is 15.0 Å². The fraction of sp³-hybridized carbons (Fsp3) is 0.577. The van der Waals surface area contributed by atoms with E-state index in [2.05, 4.69) is 30.1 Å². The zero-order valence-corrected chi connectivity index (χ0v) is 21.3. The Morgan fingerprint density at radius 1 is 1.19 bits per heavy atom. The summed E-state index contributed by atoms with van der Waals surface area (Å²) < 4.78 is 10.9. The number of aromatic nitrogens is 3. The van der Waals surface area contributed by atoms with Crippen LogP contribution in [0.1, 0.15) is 55.1 Å². The Labute approximate surface area is 216 Å². The first-order valence-corrected chi connectivity index (χ1v) is 13.2. The fourth-order valence-electron chi connectivity index (χ4n) is 5.29. The molecule has 0 atom stereocenters. The summed E-state index contributed by atoms with van der Waals surface area (Å²) in [5.41, 5.74) is 1.86. The second kappa shape index (κ2) is 11.4. The molecule has 37 heavy (non-hydrogen) atoms. The number of nitrogens with one attached hydrogen (secondary N) is 2. The maximum absolute atomic E-state index is 12.1. The van der Waals surface area contributed by atoms with Crippen LogP contribution in [0.2, 0.25) is 0 Å². The van der Waals surface area contributed by atoms with E-state index in [-0.39, 0.29) is 17.6 Å². The minimum Gasteiger partial charge on any atom is -0.477 e. The lowest BCUT2D eigenvalue weighted by molar-refractivity contribution is 0.0115. The lowest BCUT2D eigenvalue weighted by atomic mass is 9.79. The van der Waals surface area contributed by atoms with Gasteiger partial charge < -0.3 is 30.2 Å². The summed E-state index contributed by atoms with van der Waals surface area (Å²) in [7, 11) is 0. The molecule has 2 aromatic heterocycles. The molecule has 2 aromatic rings.